The van der Waals surface area contributed by atoms with Crippen LogP contribution >= 0.6 is 0 Å². The van der Waals surface area contributed by atoms with Gasteiger partial charge in [-0.25, -0.2) is 0 Å². The molecule has 2 rings (SSSR count). The third-order valence-corrected chi connectivity index (χ3v) is 3.40. The van der Waals surface area contributed by atoms with E-state index in [0.29, 0.717) is 0 Å². The average Bonchev–Trinajstić information content (AvgIpc) is 2.42. The second-order valence-electron chi connectivity index (χ2n) is 5.40. The summed E-state index contributed by atoms with van der Waals surface area (Å²) in [6.45, 7) is 5.32. The number of nitrogens with zero attached hydrogens (tertiary/aromatic N) is 3. The zero-order chi connectivity index (χ0) is 14.5. The van der Waals surface area contributed by atoms with Crippen molar-refractivity contribution in [3.05, 3.63) is 30.5 Å². The Bertz CT molecular complexity index is 565. The van der Waals surface area contributed by atoms with Gasteiger partial charge in [0.05, 0.1) is 5.52 Å². The molecule has 0 amide bonds. The Balaban J connectivity index is 2.36. The number of pyridine rings is 1. The fourth-order valence-electron chi connectivity index (χ4n) is 2.37. The van der Waals surface area contributed by atoms with Gasteiger partial charge in [0.15, 0.2) is 0 Å². The van der Waals surface area contributed by atoms with Crippen LogP contribution in [0.2, 0.25) is 0 Å². The van der Waals surface area contributed by atoms with Crippen molar-refractivity contribution in [1.82, 2.24) is 9.88 Å². The van der Waals surface area contributed by atoms with Crippen LogP contribution in [0.15, 0.2) is 30.5 Å². The van der Waals surface area contributed by atoms with Crippen LogP contribution in [0, 0.1) is 0 Å². The molecule has 0 saturated carbocycles. The maximum absolute atomic E-state index is 5.85. The number of hydrogen-bond donors (Lipinski definition) is 1. The van der Waals surface area contributed by atoms with E-state index in [9.17, 15) is 0 Å². The highest BCUT2D eigenvalue weighted by Crippen LogP contribution is 2.26. The molecule has 4 nitrogen and oxygen atoms in total. The zero-order valence-electron chi connectivity index (χ0n) is 12.6. The van der Waals surface area contributed by atoms with Crippen molar-refractivity contribution < 1.29 is 0 Å². The summed E-state index contributed by atoms with van der Waals surface area (Å²) in [6.07, 6.45) is 3.00. The van der Waals surface area contributed by atoms with E-state index in [1.54, 1.807) is 0 Å². The first-order valence-electron chi connectivity index (χ1n) is 7.15. The lowest BCUT2D eigenvalue weighted by atomic mass is 10.1. The van der Waals surface area contributed by atoms with Crippen molar-refractivity contribution in [2.75, 3.05) is 44.4 Å². The predicted molar refractivity (Wildman–Crippen MR) is 87.2 cm³/mol. The molecule has 1 heterocycles. The van der Waals surface area contributed by atoms with Gasteiger partial charge in [0, 0.05) is 42.6 Å². The van der Waals surface area contributed by atoms with E-state index >= 15 is 0 Å². The minimum atomic E-state index is 0.762. The fraction of sp³-hybridized carbons (Fsp3) is 0.438. The Morgan fingerprint density at radius 2 is 1.90 bits per heavy atom. The van der Waals surface area contributed by atoms with E-state index in [1.807, 2.05) is 18.3 Å². The van der Waals surface area contributed by atoms with E-state index in [4.69, 9.17) is 5.73 Å². The van der Waals surface area contributed by atoms with Gasteiger partial charge in [0.2, 0.25) is 0 Å². The van der Waals surface area contributed by atoms with E-state index < -0.39 is 0 Å². The molecule has 0 atom stereocenters. The molecule has 0 spiro atoms. The maximum Gasteiger partial charge on any atom is 0.0743 e. The molecule has 108 valence electrons. The lowest BCUT2D eigenvalue weighted by molar-refractivity contribution is 0.413. The van der Waals surface area contributed by atoms with Crippen LogP contribution in [-0.4, -0.2) is 43.6 Å². The van der Waals surface area contributed by atoms with Crippen LogP contribution in [0.4, 0.5) is 11.4 Å². The SMILES string of the molecule is CCCN(CCN(C)C)c1ccnc2cc(N)ccc12. The highest BCUT2D eigenvalue weighted by Gasteiger charge is 2.10. The summed E-state index contributed by atoms with van der Waals surface area (Å²) in [5, 5.41) is 1.17. The summed E-state index contributed by atoms with van der Waals surface area (Å²) >= 11 is 0. The molecule has 0 unspecified atom stereocenters. The van der Waals surface area contributed by atoms with Gasteiger partial charge in [-0.3, -0.25) is 4.98 Å². The van der Waals surface area contributed by atoms with Gasteiger partial charge in [0.25, 0.3) is 0 Å². The van der Waals surface area contributed by atoms with Crippen molar-refractivity contribution in [3.8, 4) is 0 Å². The number of likely N-dealkylation sites (N-methyl/N-ethyl adjacent to an activating group) is 1. The molecule has 0 radical (unpaired) electrons. The Kier molecular flexibility index (Phi) is 4.79. The van der Waals surface area contributed by atoms with Crippen molar-refractivity contribution in [3.63, 3.8) is 0 Å². The molecule has 2 aromatic rings. The Labute approximate surface area is 121 Å². The lowest BCUT2D eigenvalue weighted by Crippen LogP contribution is -2.32. The van der Waals surface area contributed by atoms with Gasteiger partial charge in [0.1, 0.15) is 0 Å². The topological polar surface area (TPSA) is 45.4 Å². The Hall–Kier alpha value is -1.81. The third kappa shape index (κ3) is 3.39. The van der Waals surface area contributed by atoms with Gasteiger partial charge < -0.3 is 15.5 Å². The van der Waals surface area contributed by atoms with E-state index in [0.717, 1.165) is 37.3 Å². The van der Waals surface area contributed by atoms with Gasteiger partial charge in [-0.05, 0) is 44.8 Å². The smallest absolute Gasteiger partial charge is 0.0743 e. The number of benzene rings is 1. The molecule has 20 heavy (non-hydrogen) atoms. The first kappa shape index (κ1) is 14.6. The van der Waals surface area contributed by atoms with Crippen LogP contribution in [0.5, 0.6) is 0 Å². The van der Waals surface area contributed by atoms with Gasteiger partial charge >= 0.3 is 0 Å². The molecule has 1 aromatic carbocycles. The Morgan fingerprint density at radius 3 is 2.60 bits per heavy atom. The number of rotatable bonds is 6. The molecule has 1 aromatic heterocycles. The number of aromatic nitrogens is 1. The first-order chi connectivity index (χ1) is 9.61. The highest BCUT2D eigenvalue weighted by atomic mass is 15.2. The fourth-order valence-corrected chi connectivity index (χ4v) is 2.37. The zero-order valence-corrected chi connectivity index (χ0v) is 12.6. The molecule has 2 N–H and O–H groups in total. The van der Waals surface area contributed by atoms with Crippen LogP contribution in [0.25, 0.3) is 10.9 Å². The number of nitrogens with two attached hydrogens (primary N) is 1. The number of hydrogen-bond acceptors (Lipinski definition) is 4. The molecule has 0 aliphatic carbocycles. The second-order valence-corrected chi connectivity index (χ2v) is 5.40. The van der Waals surface area contributed by atoms with Gasteiger partial charge in [-0.2, -0.15) is 0 Å². The monoisotopic (exact) mass is 272 g/mol. The van der Waals surface area contributed by atoms with E-state index in [2.05, 4.69) is 47.9 Å². The van der Waals surface area contributed by atoms with E-state index in [1.165, 1.54) is 11.1 Å². The summed E-state index contributed by atoms with van der Waals surface area (Å²) < 4.78 is 0. The normalized spacial score (nSPS) is 11.2. The Morgan fingerprint density at radius 1 is 1.10 bits per heavy atom. The minimum absolute atomic E-state index is 0.762. The summed E-state index contributed by atoms with van der Waals surface area (Å²) in [5.74, 6) is 0. The minimum Gasteiger partial charge on any atom is -0.399 e. The number of nitrogen functional groups attached to an aromatic ring is 1. The summed E-state index contributed by atoms with van der Waals surface area (Å²) in [7, 11) is 4.21. The van der Waals surface area contributed by atoms with Gasteiger partial charge in [-0.1, -0.05) is 6.92 Å². The average molecular weight is 272 g/mol. The van der Waals surface area contributed by atoms with Crippen molar-refractivity contribution in [2.45, 2.75) is 13.3 Å². The summed E-state index contributed by atoms with van der Waals surface area (Å²) in [6, 6.07) is 8.06. The van der Waals surface area contributed by atoms with Crippen LogP contribution in [0.3, 0.4) is 0 Å². The van der Waals surface area contributed by atoms with Crippen LogP contribution in [0.1, 0.15) is 13.3 Å². The summed E-state index contributed by atoms with van der Waals surface area (Å²) in [5.41, 5.74) is 8.82. The molecule has 0 saturated heterocycles. The predicted octanol–water partition coefficient (Wildman–Crippen LogP) is 2.60. The van der Waals surface area contributed by atoms with Crippen LogP contribution in [-0.2, 0) is 0 Å². The third-order valence-electron chi connectivity index (χ3n) is 3.40. The highest BCUT2D eigenvalue weighted by molar-refractivity contribution is 5.93. The molecule has 4 heteroatoms. The van der Waals surface area contributed by atoms with Crippen molar-refractivity contribution in [2.24, 2.45) is 0 Å². The molecule has 0 bridgehead atoms. The molecule has 0 fully saturated rings. The van der Waals surface area contributed by atoms with Crippen molar-refractivity contribution in [1.29, 1.82) is 0 Å². The molecule has 0 aliphatic rings. The standard InChI is InChI=1S/C16H24N4/c1-4-9-20(11-10-19(2)3)16-7-8-18-15-12-13(17)5-6-14(15)16/h5-8,12H,4,9-11,17H2,1-3H3. The first-order valence-corrected chi connectivity index (χ1v) is 7.15. The lowest BCUT2D eigenvalue weighted by Gasteiger charge is -2.27. The van der Waals surface area contributed by atoms with Crippen LogP contribution < -0.4 is 10.6 Å². The second kappa shape index (κ2) is 6.57. The summed E-state index contributed by atoms with van der Waals surface area (Å²) in [4.78, 5) is 9.07. The molecular formula is C16H24N4. The largest absolute Gasteiger partial charge is 0.399 e. The van der Waals surface area contributed by atoms with E-state index in [-0.39, 0.29) is 0 Å². The number of anilines is 2. The molecular weight excluding hydrogens is 248 g/mol. The van der Waals surface area contributed by atoms with Gasteiger partial charge in [-0.15, -0.1) is 0 Å². The molecule has 0 aliphatic heterocycles. The maximum atomic E-state index is 5.85. The number of fused-ring (bicyclic) bond motifs is 1. The van der Waals surface area contributed by atoms with Crippen molar-refractivity contribution >= 4 is 22.3 Å². The quantitative estimate of drug-likeness (QED) is 0.821.